The maximum absolute atomic E-state index is 11.2. The third-order valence-electron chi connectivity index (χ3n) is 1.85. The van der Waals surface area contributed by atoms with Gasteiger partial charge in [-0.2, -0.15) is 0 Å². The van der Waals surface area contributed by atoms with Crippen LogP contribution in [0.15, 0.2) is 0 Å². The molecule has 0 spiro atoms. The van der Waals surface area contributed by atoms with Crippen molar-refractivity contribution < 1.29 is 9.59 Å². The summed E-state index contributed by atoms with van der Waals surface area (Å²) < 4.78 is 0. The number of amides is 3. The molecule has 0 aromatic carbocycles. The Balaban J connectivity index is 2.71. The van der Waals surface area contributed by atoms with Gasteiger partial charge in [0.05, 0.1) is 12.1 Å². The number of carbonyl (C=O) groups is 2. The molecule has 68 valence electrons. The molecule has 0 radical (unpaired) electrons. The number of hydrogen-bond donors (Lipinski definition) is 1. The molecule has 1 saturated heterocycles. The fourth-order valence-corrected chi connectivity index (χ4v) is 1.26. The molecule has 4 heteroatoms. The minimum atomic E-state index is -0.276. The summed E-state index contributed by atoms with van der Waals surface area (Å²) in [5.41, 5.74) is -0.276. The molecule has 0 bridgehead atoms. The second-order valence-corrected chi connectivity index (χ2v) is 3.65. The van der Waals surface area contributed by atoms with Crippen molar-refractivity contribution in [2.75, 3.05) is 6.54 Å². The van der Waals surface area contributed by atoms with Crippen LogP contribution in [0.1, 0.15) is 27.2 Å². The monoisotopic (exact) mass is 170 g/mol. The van der Waals surface area contributed by atoms with E-state index in [0.29, 0.717) is 13.0 Å². The van der Waals surface area contributed by atoms with Crippen LogP contribution in [0.25, 0.3) is 0 Å². The van der Waals surface area contributed by atoms with Gasteiger partial charge in [-0.15, -0.1) is 0 Å². The molecule has 1 rings (SSSR count). The van der Waals surface area contributed by atoms with Gasteiger partial charge in [-0.25, -0.2) is 4.79 Å². The van der Waals surface area contributed by atoms with Crippen molar-refractivity contribution in [3.8, 4) is 0 Å². The lowest BCUT2D eigenvalue weighted by molar-refractivity contribution is -0.127. The van der Waals surface area contributed by atoms with E-state index in [1.807, 2.05) is 13.8 Å². The molecule has 1 heterocycles. The van der Waals surface area contributed by atoms with E-state index in [4.69, 9.17) is 0 Å². The van der Waals surface area contributed by atoms with Crippen LogP contribution in [0.4, 0.5) is 4.79 Å². The molecular weight excluding hydrogens is 156 g/mol. The quantitative estimate of drug-likeness (QED) is 0.630. The lowest BCUT2D eigenvalue weighted by atomic mass is 10.1. The number of hydrogen-bond acceptors (Lipinski definition) is 2. The van der Waals surface area contributed by atoms with Crippen LogP contribution in [-0.2, 0) is 4.79 Å². The van der Waals surface area contributed by atoms with Crippen LogP contribution in [0.2, 0.25) is 0 Å². The fraction of sp³-hybridized carbons (Fsp3) is 0.750. The second kappa shape index (κ2) is 2.77. The van der Waals surface area contributed by atoms with E-state index in [2.05, 4.69) is 5.32 Å². The minimum Gasteiger partial charge on any atom is -0.331 e. The number of nitrogens with one attached hydrogen (secondary N) is 1. The van der Waals surface area contributed by atoms with Crippen LogP contribution >= 0.6 is 0 Å². The first-order chi connectivity index (χ1) is 5.46. The predicted molar refractivity (Wildman–Crippen MR) is 44.6 cm³/mol. The highest BCUT2D eigenvalue weighted by molar-refractivity contribution is 5.96. The lowest BCUT2D eigenvalue weighted by Gasteiger charge is -2.15. The van der Waals surface area contributed by atoms with Gasteiger partial charge in [-0.05, 0) is 13.8 Å². The zero-order valence-electron chi connectivity index (χ0n) is 7.68. The Morgan fingerprint density at radius 1 is 1.67 bits per heavy atom. The van der Waals surface area contributed by atoms with E-state index < -0.39 is 0 Å². The molecule has 1 aliphatic heterocycles. The van der Waals surface area contributed by atoms with Crippen molar-refractivity contribution >= 4 is 11.9 Å². The topological polar surface area (TPSA) is 49.4 Å². The van der Waals surface area contributed by atoms with E-state index in [9.17, 15) is 9.59 Å². The van der Waals surface area contributed by atoms with Crippen molar-refractivity contribution in [1.29, 1.82) is 0 Å². The highest BCUT2D eigenvalue weighted by atomic mass is 16.2. The van der Waals surface area contributed by atoms with E-state index in [-0.39, 0.29) is 17.5 Å². The zero-order chi connectivity index (χ0) is 9.35. The summed E-state index contributed by atoms with van der Waals surface area (Å²) in [6.45, 7) is 6.02. The lowest BCUT2D eigenvalue weighted by Crippen LogP contribution is -2.36. The van der Waals surface area contributed by atoms with Crippen LogP contribution in [0.3, 0.4) is 0 Å². The Morgan fingerprint density at radius 3 is 2.58 bits per heavy atom. The van der Waals surface area contributed by atoms with Crippen LogP contribution in [0, 0.1) is 0 Å². The fourth-order valence-electron chi connectivity index (χ4n) is 1.26. The SMILES string of the molecule is CCC(=O)N1CC(C)(C)NC1=O. The molecule has 1 aliphatic rings. The van der Waals surface area contributed by atoms with E-state index >= 15 is 0 Å². The highest BCUT2D eigenvalue weighted by Crippen LogP contribution is 2.14. The molecule has 1 fully saturated rings. The largest absolute Gasteiger partial charge is 0.331 e. The number of rotatable bonds is 1. The van der Waals surface area contributed by atoms with Gasteiger partial charge < -0.3 is 5.32 Å². The van der Waals surface area contributed by atoms with Gasteiger partial charge >= 0.3 is 6.03 Å². The van der Waals surface area contributed by atoms with E-state index in [0.717, 1.165) is 0 Å². The van der Waals surface area contributed by atoms with Crippen molar-refractivity contribution in [1.82, 2.24) is 10.2 Å². The predicted octanol–water partition coefficient (Wildman–Crippen LogP) is 0.727. The minimum absolute atomic E-state index is 0.113. The first-order valence-electron chi connectivity index (χ1n) is 4.09. The average molecular weight is 170 g/mol. The molecule has 0 atom stereocenters. The number of nitrogens with zero attached hydrogens (tertiary/aromatic N) is 1. The Hall–Kier alpha value is -1.06. The van der Waals surface area contributed by atoms with Crippen molar-refractivity contribution in [3.63, 3.8) is 0 Å². The van der Waals surface area contributed by atoms with Gasteiger partial charge in [0.1, 0.15) is 0 Å². The summed E-state index contributed by atoms with van der Waals surface area (Å²) in [4.78, 5) is 23.6. The Bertz CT molecular complexity index is 223. The molecule has 12 heavy (non-hydrogen) atoms. The van der Waals surface area contributed by atoms with Gasteiger partial charge in [0, 0.05) is 6.42 Å². The van der Waals surface area contributed by atoms with Crippen LogP contribution < -0.4 is 5.32 Å². The number of carbonyl (C=O) groups excluding carboxylic acids is 2. The molecule has 4 nitrogen and oxygen atoms in total. The van der Waals surface area contributed by atoms with Crippen molar-refractivity contribution in [3.05, 3.63) is 0 Å². The first-order valence-corrected chi connectivity index (χ1v) is 4.09. The Morgan fingerprint density at radius 2 is 2.25 bits per heavy atom. The van der Waals surface area contributed by atoms with Gasteiger partial charge in [-0.1, -0.05) is 6.92 Å². The van der Waals surface area contributed by atoms with E-state index in [1.165, 1.54) is 4.90 Å². The molecule has 0 aromatic heterocycles. The zero-order valence-corrected chi connectivity index (χ0v) is 7.68. The van der Waals surface area contributed by atoms with Crippen LogP contribution in [0.5, 0.6) is 0 Å². The first kappa shape index (κ1) is 9.03. The third kappa shape index (κ3) is 1.57. The maximum Gasteiger partial charge on any atom is 0.324 e. The molecule has 1 N–H and O–H groups in total. The highest BCUT2D eigenvalue weighted by Gasteiger charge is 2.37. The Kier molecular flexibility index (Phi) is 2.08. The van der Waals surface area contributed by atoms with Crippen LogP contribution in [-0.4, -0.2) is 28.9 Å². The van der Waals surface area contributed by atoms with Gasteiger partial charge in [0.25, 0.3) is 0 Å². The molecule has 0 saturated carbocycles. The summed E-state index contributed by atoms with van der Waals surface area (Å²) in [6, 6.07) is -0.271. The molecule has 0 aromatic rings. The summed E-state index contributed by atoms with van der Waals surface area (Å²) in [6.07, 6.45) is 0.378. The molecule has 0 unspecified atom stereocenters. The summed E-state index contributed by atoms with van der Waals surface area (Å²) >= 11 is 0. The molecule has 0 aliphatic carbocycles. The number of imide groups is 1. The summed E-state index contributed by atoms with van der Waals surface area (Å²) in [5, 5.41) is 2.72. The molecular formula is C8H14N2O2. The molecule has 3 amide bonds. The second-order valence-electron chi connectivity index (χ2n) is 3.65. The smallest absolute Gasteiger partial charge is 0.324 e. The van der Waals surface area contributed by atoms with Crippen molar-refractivity contribution in [2.45, 2.75) is 32.7 Å². The van der Waals surface area contributed by atoms with E-state index in [1.54, 1.807) is 6.92 Å². The normalized spacial score (nSPS) is 20.9. The Labute approximate surface area is 71.9 Å². The number of urea groups is 1. The van der Waals surface area contributed by atoms with Gasteiger partial charge in [-0.3, -0.25) is 9.69 Å². The van der Waals surface area contributed by atoms with Crippen molar-refractivity contribution in [2.24, 2.45) is 0 Å². The van der Waals surface area contributed by atoms with Gasteiger partial charge in [0.2, 0.25) is 5.91 Å². The van der Waals surface area contributed by atoms with Gasteiger partial charge in [0.15, 0.2) is 0 Å². The maximum atomic E-state index is 11.2. The summed E-state index contributed by atoms with van der Waals surface area (Å²) in [7, 11) is 0. The standard InChI is InChI=1S/C8H14N2O2/c1-4-6(11)10-5-8(2,3)9-7(10)12/h4-5H2,1-3H3,(H,9,12). The average Bonchev–Trinajstić information content (AvgIpc) is 2.23. The third-order valence-corrected chi connectivity index (χ3v) is 1.85. The summed E-state index contributed by atoms with van der Waals surface area (Å²) in [5.74, 6) is -0.113.